The van der Waals surface area contributed by atoms with Crippen LogP contribution in [0.3, 0.4) is 0 Å². The average molecular weight is 341 g/mol. The lowest BCUT2D eigenvalue weighted by atomic mass is 10.3. The largest absolute Gasteiger partial charge is 0.482 e. The zero-order chi connectivity index (χ0) is 16.0. The molecule has 0 aliphatic rings. The molecule has 0 saturated heterocycles. The maximum absolute atomic E-state index is 11.9. The van der Waals surface area contributed by atoms with Gasteiger partial charge in [-0.2, -0.15) is 0 Å². The molecule has 2 aromatic carbocycles. The summed E-state index contributed by atoms with van der Waals surface area (Å²) in [6, 6.07) is 14.3. The highest BCUT2D eigenvalue weighted by Gasteiger charge is 2.14. The van der Waals surface area contributed by atoms with Gasteiger partial charge in [0.2, 0.25) is 0 Å². The highest BCUT2D eigenvalue weighted by atomic mass is 35.5. The second-order valence-electron chi connectivity index (χ2n) is 4.19. The van der Waals surface area contributed by atoms with Crippen molar-refractivity contribution in [2.24, 2.45) is 0 Å². The molecule has 0 saturated carbocycles. The van der Waals surface area contributed by atoms with Crippen LogP contribution in [0, 0.1) is 0 Å². The first-order valence-corrected chi connectivity index (χ1v) is 8.08. The normalized spacial score (nSPS) is 11.0. The number of para-hydroxylation sites is 1. The summed E-state index contributed by atoms with van der Waals surface area (Å²) >= 11 is 5.87. The first kappa shape index (κ1) is 16.3. The van der Waals surface area contributed by atoms with Crippen LogP contribution < -0.4 is 15.0 Å². The number of rotatable bonds is 6. The summed E-state index contributed by atoms with van der Waals surface area (Å²) in [7, 11) is -3.81. The third kappa shape index (κ3) is 4.45. The monoisotopic (exact) mass is 340 g/mol. The first-order chi connectivity index (χ1) is 10.5. The number of hydrogen-bond donors (Lipinski definition) is 2. The van der Waals surface area contributed by atoms with E-state index in [-0.39, 0.29) is 11.5 Å². The van der Waals surface area contributed by atoms with E-state index in [1.165, 1.54) is 12.1 Å². The van der Waals surface area contributed by atoms with E-state index in [1.54, 1.807) is 42.5 Å². The van der Waals surface area contributed by atoms with Crippen LogP contribution in [0.4, 0.5) is 0 Å². The van der Waals surface area contributed by atoms with Gasteiger partial charge in [-0.3, -0.25) is 10.2 Å². The predicted octanol–water partition coefficient (Wildman–Crippen LogP) is 1.73. The molecule has 8 heteroatoms. The third-order valence-electron chi connectivity index (χ3n) is 2.57. The molecule has 0 unspecified atom stereocenters. The fourth-order valence-corrected chi connectivity index (χ4v) is 2.60. The molecule has 22 heavy (non-hydrogen) atoms. The van der Waals surface area contributed by atoms with Crippen molar-refractivity contribution >= 4 is 27.5 Å². The fourth-order valence-electron chi connectivity index (χ4n) is 1.52. The second kappa shape index (κ2) is 7.26. The highest BCUT2D eigenvalue weighted by Crippen LogP contribution is 2.22. The molecule has 2 N–H and O–H groups in total. The van der Waals surface area contributed by atoms with Crippen molar-refractivity contribution in [2.75, 3.05) is 6.61 Å². The SMILES string of the molecule is O=C(COc1ccccc1Cl)NNS(=O)(=O)c1ccccc1. The lowest BCUT2D eigenvalue weighted by Gasteiger charge is -2.10. The zero-order valence-corrected chi connectivity index (χ0v) is 12.9. The Balaban J connectivity index is 1.87. The van der Waals surface area contributed by atoms with Crippen LogP contribution >= 0.6 is 11.6 Å². The van der Waals surface area contributed by atoms with E-state index in [9.17, 15) is 13.2 Å². The number of sulfonamides is 1. The van der Waals surface area contributed by atoms with Gasteiger partial charge in [-0.15, -0.1) is 4.83 Å². The van der Waals surface area contributed by atoms with Gasteiger partial charge in [0.15, 0.2) is 6.61 Å². The quantitative estimate of drug-likeness (QED) is 0.784. The summed E-state index contributed by atoms with van der Waals surface area (Å²) < 4.78 is 28.9. The van der Waals surface area contributed by atoms with Crippen molar-refractivity contribution in [3.05, 3.63) is 59.6 Å². The van der Waals surface area contributed by atoms with Gasteiger partial charge in [0.05, 0.1) is 9.92 Å². The number of hydrazine groups is 1. The van der Waals surface area contributed by atoms with E-state index in [0.717, 1.165) is 0 Å². The molecule has 2 aromatic rings. The smallest absolute Gasteiger partial charge is 0.272 e. The number of hydrogen-bond acceptors (Lipinski definition) is 4. The van der Waals surface area contributed by atoms with E-state index < -0.39 is 15.9 Å². The van der Waals surface area contributed by atoms with Gasteiger partial charge in [-0.05, 0) is 24.3 Å². The standard InChI is InChI=1S/C14H13ClN2O4S/c15-12-8-4-5-9-13(12)21-10-14(18)16-17-22(19,20)11-6-2-1-3-7-11/h1-9,17H,10H2,(H,16,18). The molecule has 2 rings (SSSR count). The van der Waals surface area contributed by atoms with Gasteiger partial charge in [0.25, 0.3) is 15.9 Å². The summed E-state index contributed by atoms with van der Waals surface area (Å²) in [6.07, 6.45) is 0. The van der Waals surface area contributed by atoms with E-state index >= 15 is 0 Å². The second-order valence-corrected chi connectivity index (χ2v) is 6.28. The Hall–Kier alpha value is -2.09. The van der Waals surface area contributed by atoms with E-state index in [4.69, 9.17) is 16.3 Å². The van der Waals surface area contributed by atoms with Crippen molar-refractivity contribution in [1.82, 2.24) is 10.3 Å². The lowest BCUT2D eigenvalue weighted by molar-refractivity contribution is -0.123. The molecular formula is C14H13ClN2O4S. The topological polar surface area (TPSA) is 84.5 Å². The molecular weight excluding hydrogens is 328 g/mol. The molecule has 0 bridgehead atoms. The Kier molecular flexibility index (Phi) is 5.37. The minimum absolute atomic E-state index is 0.0438. The molecule has 0 radical (unpaired) electrons. The van der Waals surface area contributed by atoms with E-state index in [0.29, 0.717) is 10.8 Å². The van der Waals surface area contributed by atoms with Crippen molar-refractivity contribution in [2.45, 2.75) is 4.90 Å². The highest BCUT2D eigenvalue weighted by molar-refractivity contribution is 7.89. The van der Waals surface area contributed by atoms with Crippen LogP contribution in [0.5, 0.6) is 5.75 Å². The molecule has 0 heterocycles. The van der Waals surface area contributed by atoms with Gasteiger partial charge in [0.1, 0.15) is 5.75 Å². The molecule has 0 fully saturated rings. The van der Waals surface area contributed by atoms with Crippen LogP contribution in [0.2, 0.25) is 5.02 Å². The Morgan fingerprint density at radius 3 is 2.36 bits per heavy atom. The van der Waals surface area contributed by atoms with Crippen LogP contribution in [0.15, 0.2) is 59.5 Å². The van der Waals surface area contributed by atoms with Crippen LogP contribution in [-0.2, 0) is 14.8 Å². The number of carbonyl (C=O) groups excluding carboxylic acids is 1. The minimum atomic E-state index is -3.81. The van der Waals surface area contributed by atoms with E-state index in [1.807, 2.05) is 4.83 Å². The predicted molar refractivity (Wildman–Crippen MR) is 81.9 cm³/mol. The molecule has 0 aromatic heterocycles. The maximum Gasteiger partial charge on any atom is 0.272 e. The molecule has 0 aliphatic carbocycles. The maximum atomic E-state index is 11.9. The number of benzene rings is 2. The zero-order valence-electron chi connectivity index (χ0n) is 11.3. The molecule has 1 amide bonds. The number of nitrogens with one attached hydrogen (secondary N) is 2. The Morgan fingerprint density at radius 1 is 1.05 bits per heavy atom. The third-order valence-corrected chi connectivity index (χ3v) is 4.15. The van der Waals surface area contributed by atoms with Crippen LogP contribution in [0.25, 0.3) is 0 Å². The molecule has 0 spiro atoms. The fraction of sp³-hybridized carbons (Fsp3) is 0.0714. The van der Waals surface area contributed by atoms with Crippen molar-refractivity contribution in [3.8, 4) is 5.75 Å². The summed E-state index contributed by atoms with van der Waals surface area (Å²) in [5.41, 5.74) is 2.07. The van der Waals surface area contributed by atoms with E-state index in [2.05, 4.69) is 5.43 Å². The van der Waals surface area contributed by atoms with Crippen molar-refractivity contribution in [3.63, 3.8) is 0 Å². The minimum Gasteiger partial charge on any atom is -0.482 e. The van der Waals surface area contributed by atoms with Gasteiger partial charge in [-0.1, -0.05) is 41.9 Å². The Labute approximate surface area is 133 Å². The first-order valence-electron chi connectivity index (χ1n) is 6.22. The Bertz CT molecular complexity index is 750. The molecule has 0 atom stereocenters. The van der Waals surface area contributed by atoms with Crippen LogP contribution in [-0.4, -0.2) is 20.9 Å². The van der Waals surface area contributed by atoms with Gasteiger partial charge < -0.3 is 4.74 Å². The van der Waals surface area contributed by atoms with Crippen molar-refractivity contribution < 1.29 is 17.9 Å². The van der Waals surface area contributed by atoms with Gasteiger partial charge in [0, 0.05) is 0 Å². The number of carbonyl (C=O) groups is 1. The van der Waals surface area contributed by atoms with Gasteiger partial charge in [-0.25, -0.2) is 8.42 Å². The molecule has 6 nitrogen and oxygen atoms in total. The summed E-state index contributed by atoms with van der Waals surface area (Å²) in [5.74, 6) is -0.315. The summed E-state index contributed by atoms with van der Waals surface area (Å²) in [4.78, 5) is 13.6. The average Bonchev–Trinajstić information content (AvgIpc) is 2.53. The Morgan fingerprint density at radius 2 is 1.68 bits per heavy atom. The van der Waals surface area contributed by atoms with Crippen LogP contribution in [0.1, 0.15) is 0 Å². The summed E-state index contributed by atoms with van der Waals surface area (Å²) in [5, 5.41) is 0.361. The van der Waals surface area contributed by atoms with Crippen molar-refractivity contribution in [1.29, 1.82) is 0 Å². The number of amides is 1. The molecule has 116 valence electrons. The number of ether oxygens (including phenoxy) is 1. The summed E-state index contributed by atoms with van der Waals surface area (Å²) in [6.45, 7) is -0.374. The number of halogens is 1. The lowest BCUT2D eigenvalue weighted by Crippen LogP contribution is -2.43. The van der Waals surface area contributed by atoms with Gasteiger partial charge >= 0.3 is 0 Å². The molecule has 0 aliphatic heterocycles.